The van der Waals surface area contributed by atoms with Crippen LogP contribution in [-0.2, 0) is 11.2 Å². The molecule has 4 rings (SSSR count). The number of carbonyl (C=O) groups excluding carboxylic acids is 1. The Morgan fingerprint density at radius 1 is 0.968 bits per heavy atom. The Kier molecular flexibility index (Phi) is 5.91. The molecule has 0 aliphatic heterocycles. The standard InChI is InChI=1S/C24H17ClO6/c1-28-17-3-2-4-18(12-17)30-22-14-29-21-13-19(9-10-20(21)24(22)27)31-23(26)11-15-5-7-16(25)8-6-15/h2-10,12-14H,11H2,1H3. The number of hydrogen-bond donors (Lipinski definition) is 0. The minimum absolute atomic E-state index is 0.0354. The molecule has 3 aromatic carbocycles. The van der Waals surface area contributed by atoms with E-state index in [1.807, 2.05) is 0 Å². The van der Waals surface area contributed by atoms with Gasteiger partial charge in [-0.2, -0.15) is 0 Å². The number of rotatable bonds is 6. The summed E-state index contributed by atoms with van der Waals surface area (Å²) in [6, 6.07) is 18.4. The van der Waals surface area contributed by atoms with Crippen LogP contribution in [0.1, 0.15) is 5.56 Å². The maximum atomic E-state index is 12.8. The molecule has 1 heterocycles. The number of benzene rings is 3. The molecule has 0 unspecified atom stereocenters. The number of hydrogen-bond acceptors (Lipinski definition) is 6. The molecule has 0 amide bonds. The van der Waals surface area contributed by atoms with Gasteiger partial charge in [-0.25, -0.2) is 0 Å². The quantitative estimate of drug-likeness (QED) is 0.298. The van der Waals surface area contributed by atoms with Gasteiger partial charge in [0.15, 0.2) is 0 Å². The molecular weight excluding hydrogens is 420 g/mol. The van der Waals surface area contributed by atoms with Crippen molar-refractivity contribution in [1.29, 1.82) is 0 Å². The second-order valence-corrected chi connectivity index (χ2v) is 7.08. The first-order valence-corrected chi connectivity index (χ1v) is 9.72. The molecule has 0 bridgehead atoms. The molecule has 7 heteroatoms. The van der Waals surface area contributed by atoms with Gasteiger partial charge in [-0.05, 0) is 42.0 Å². The summed E-state index contributed by atoms with van der Waals surface area (Å²) in [5.41, 5.74) is 0.712. The van der Waals surface area contributed by atoms with E-state index in [2.05, 4.69) is 0 Å². The lowest BCUT2D eigenvalue weighted by molar-refractivity contribution is -0.133. The first-order chi connectivity index (χ1) is 15.0. The third-order valence-corrected chi connectivity index (χ3v) is 4.73. The normalized spacial score (nSPS) is 10.6. The molecule has 0 spiro atoms. The molecule has 156 valence electrons. The Labute approximate surface area is 182 Å². The van der Waals surface area contributed by atoms with Crippen LogP contribution in [0.3, 0.4) is 0 Å². The van der Waals surface area contributed by atoms with Gasteiger partial charge >= 0.3 is 5.97 Å². The lowest BCUT2D eigenvalue weighted by Crippen LogP contribution is -2.11. The summed E-state index contributed by atoms with van der Waals surface area (Å²) in [4.78, 5) is 25.0. The first kappa shape index (κ1) is 20.5. The van der Waals surface area contributed by atoms with Crippen molar-refractivity contribution < 1.29 is 23.4 Å². The van der Waals surface area contributed by atoms with Crippen molar-refractivity contribution >= 4 is 28.5 Å². The SMILES string of the molecule is COc1cccc(Oc2coc3cc(OC(=O)Cc4ccc(Cl)cc4)ccc3c2=O)c1. The van der Waals surface area contributed by atoms with Crippen LogP contribution < -0.4 is 19.6 Å². The predicted octanol–water partition coefficient (Wildman–Crippen LogP) is 5.40. The number of carbonyl (C=O) groups is 1. The Morgan fingerprint density at radius 2 is 1.74 bits per heavy atom. The molecule has 4 aromatic rings. The van der Waals surface area contributed by atoms with Crippen molar-refractivity contribution in [2.24, 2.45) is 0 Å². The molecule has 0 aliphatic carbocycles. The van der Waals surface area contributed by atoms with Gasteiger partial charge in [0.25, 0.3) is 0 Å². The molecular formula is C24H17ClO6. The number of ether oxygens (including phenoxy) is 3. The molecule has 0 saturated carbocycles. The van der Waals surface area contributed by atoms with Crippen LogP contribution >= 0.6 is 11.6 Å². The zero-order valence-corrected chi connectivity index (χ0v) is 17.2. The molecule has 31 heavy (non-hydrogen) atoms. The molecule has 0 saturated heterocycles. The molecule has 0 aliphatic rings. The summed E-state index contributed by atoms with van der Waals surface area (Å²) in [5, 5.41) is 0.898. The van der Waals surface area contributed by atoms with Crippen molar-refractivity contribution in [2.45, 2.75) is 6.42 Å². The van der Waals surface area contributed by atoms with E-state index in [1.165, 1.54) is 24.5 Å². The van der Waals surface area contributed by atoms with Crippen molar-refractivity contribution in [3.63, 3.8) is 0 Å². The second-order valence-electron chi connectivity index (χ2n) is 6.65. The zero-order valence-electron chi connectivity index (χ0n) is 16.5. The Morgan fingerprint density at radius 3 is 2.52 bits per heavy atom. The number of fused-ring (bicyclic) bond motifs is 1. The van der Waals surface area contributed by atoms with Crippen LogP contribution in [0.5, 0.6) is 23.0 Å². The lowest BCUT2D eigenvalue weighted by Gasteiger charge is -2.08. The lowest BCUT2D eigenvalue weighted by atomic mass is 10.1. The highest BCUT2D eigenvalue weighted by molar-refractivity contribution is 6.30. The van der Waals surface area contributed by atoms with Crippen molar-refractivity contribution in [3.05, 3.63) is 93.8 Å². The van der Waals surface area contributed by atoms with Gasteiger partial charge in [0.1, 0.15) is 29.1 Å². The number of esters is 1. The summed E-state index contributed by atoms with van der Waals surface area (Å²) < 4.78 is 21.7. The average molecular weight is 437 g/mol. The fourth-order valence-corrected chi connectivity index (χ4v) is 3.08. The van der Waals surface area contributed by atoms with E-state index < -0.39 is 5.97 Å². The van der Waals surface area contributed by atoms with E-state index >= 15 is 0 Å². The summed E-state index contributed by atoms with van der Waals surface area (Å²) in [5.74, 6) is 0.915. The van der Waals surface area contributed by atoms with E-state index in [4.69, 9.17) is 30.2 Å². The van der Waals surface area contributed by atoms with Gasteiger partial charge < -0.3 is 18.6 Å². The Hall–Kier alpha value is -3.77. The van der Waals surface area contributed by atoms with Gasteiger partial charge in [0, 0.05) is 17.2 Å². The first-order valence-electron chi connectivity index (χ1n) is 9.34. The van der Waals surface area contributed by atoms with Crippen LogP contribution in [0.25, 0.3) is 11.0 Å². The molecule has 0 atom stereocenters. The minimum atomic E-state index is -0.443. The third-order valence-electron chi connectivity index (χ3n) is 4.48. The maximum Gasteiger partial charge on any atom is 0.315 e. The molecule has 0 radical (unpaired) electrons. The summed E-state index contributed by atoms with van der Waals surface area (Å²) >= 11 is 5.85. The van der Waals surface area contributed by atoms with Crippen molar-refractivity contribution in [2.75, 3.05) is 7.11 Å². The van der Waals surface area contributed by atoms with Crippen LogP contribution in [0, 0.1) is 0 Å². The van der Waals surface area contributed by atoms with Gasteiger partial charge in [0.2, 0.25) is 11.2 Å². The highest BCUT2D eigenvalue weighted by atomic mass is 35.5. The second kappa shape index (κ2) is 8.93. The van der Waals surface area contributed by atoms with E-state index in [1.54, 1.807) is 55.6 Å². The highest BCUT2D eigenvalue weighted by Crippen LogP contribution is 2.26. The van der Waals surface area contributed by atoms with Crippen molar-refractivity contribution in [3.8, 4) is 23.0 Å². The van der Waals surface area contributed by atoms with Gasteiger partial charge in [-0.3, -0.25) is 9.59 Å². The average Bonchev–Trinajstić information content (AvgIpc) is 2.77. The monoisotopic (exact) mass is 436 g/mol. The Bertz CT molecular complexity index is 1290. The Balaban J connectivity index is 1.51. The zero-order chi connectivity index (χ0) is 21.8. The predicted molar refractivity (Wildman–Crippen MR) is 116 cm³/mol. The van der Waals surface area contributed by atoms with Crippen LogP contribution in [0.2, 0.25) is 5.02 Å². The smallest absolute Gasteiger partial charge is 0.315 e. The van der Waals surface area contributed by atoms with E-state index in [-0.39, 0.29) is 28.9 Å². The topological polar surface area (TPSA) is 75.0 Å². The summed E-state index contributed by atoms with van der Waals surface area (Å²) in [6.07, 6.45) is 1.32. The molecule has 6 nitrogen and oxygen atoms in total. The number of halogens is 1. The minimum Gasteiger partial charge on any atom is -0.497 e. The van der Waals surface area contributed by atoms with E-state index in [0.717, 1.165) is 5.56 Å². The van der Waals surface area contributed by atoms with Crippen LogP contribution in [-0.4, -0.2) is 13.1 Å². The van der Waals surface area contributed by atoms with Crippen molar-refractivity contribution in [1.82, 2.24) is 0 Å². The summed E-state index contributed by atoms with van der Waals surface area (Å²) in [6.45, 7) is 0. The fourth-order valence-electron chi connectivity index (χ4n) is 2.95. The van der Waals surface area contributed by atoms with E-state index in [0.29, 0.717) is 21.9 Å². The largest absolute Gasteiger partial charge is 0.497 e. The van der Waals surface area contributed by atoms with Crippen LogP contribution in [0.15, 0.2) is 82.2 Å². The molecule has 0 fully saturated rings. The van der Waals surface area contributed by atoms with Crippen LogP contribution in [0.4, 0.5) is 0 Å². The van der Waals surface area contributed by atoms with Gasteiger partial charge in [-0.1, -0.05) is 29.8 Å². The van der Waals surface area contributed by atoms with Gasteiger partial charge in [0.05, 0.1) is 18.9 Å². The summed E-state index contributed by atoms with van der Waals surface area (Å²) in [7, 11) is 1.55. The van der Waals surface area contributed by atoms with Gasteiger partial charge in [-0.15, -0.1) is 0 Å². The van der Waals surface area contributed by atoms with E-state index in [9.17, 15) is 9.59 Å². The fraction of sp³-hybridized carbons (Fsp3) is 0.0833. The molecule has 0 N–H and O–H groups in total. The molecule has 1 aromatic heterocycles. The highest BCUT2D eigenvalue weighted by Gasteiger charge is 2.13. The third kappa shape index (κ3) is 4.87. The maximum absolute atomic E-state index is 12.8. The number of methoxy groups -OCH3 is 1.